The molecule has 25 heavy (non-hydrogen) atoms. The molecule has 0 unspecified atom stereocenters. The van der Waals surface area contributed by atoms with Crippen molar-refractivity contribution in [1.82, 2.24) is 15.3 Å². The molecule has 2 aliphatic rings. The lowest BCUT2D eigenvalue weighted by molar-refractivity contribution is 0.589. The van der Waals surface area contributed by atoms with E-state index in [1.54, 1.807) is 0 Å². The van der Waals surface area contributed by atoms with E-state index in [9.17, 15) is 0 Å². The first-order chi connectivity index (χ1) is 12.4. The summed E-state index contributed by atoms with van der Waals surface area (Å²) in [7, 11) is 0. The molecule has 3 heterocycles. The maximum absolute atomic E-state index is 4.55. The Hall–Kier alpha value is -2.34. The number of nitrogens with one attached hydrogen (secondary N) is 3. The molecule has 1 aliphatic heterocycles. The van der Waals surface area contributed by atoms with Crippen LogP contribution in [0.15, 0.2) is 36.7 Å². The maximum atomic E-state index is 4.55. The molecule has 6 heteroatoms. The number of nitrogens with zero attached hydrogens (tertiary/aromatic N) is 3. The van der Waals surface area contributed by atoms with E-state index in [4.69, 9.17) is 0 Å². The third-order valence-electron chi connectivity index (χ3n) is 4.97. The quantitative estimate of drug-likeness (QED) is 0.779. The van der Waals surface area contributed by atoms with Crippen molar-refractivity contribution in [2.24, 2.45) is 0 Å². The normalized spacial score (nSPS) is 18.3. The largest absolute Gasteiger partial charge is 0.382 e. The highest BCUT2D eigenvalue weighted by Gasteiger charge is 2.14. The van der Waals surface area contributed by atoms with Crippen LogP contribution in [0.25, 0.3) is 0 Å². The first kappa shape index (κ1) is 16.1. The molecule has 4 rings (SSSR count). The Kier molecular flexibility index (Phi) is 4.97. The van der Waals surface area contributed by atoms with Crippen LogP contribution < -0.4 is 20.9 Å². The lowest BCUT2D eigenvalue weighted by Crippen LogP contribution is -2.43. The van der Waals surface area contributed by atoms with E-state index in [2.05, 4.69) is 43.0 Å². The lowest BCUT2D eigenvalue weighted by atomic mass is 10.2. The smallest absolute Gasteiger partial charge is 0.133 e. The minimum Gasteiger partial charge on any atom is -0.382 e. The fourth-order valence-corrected chi connectivity index (χ4v) is 3.60. The molecule has 1 saturated carbocycles. The number of hydrogen-bond donors (Lipinski definition) is 3. The summed E-state index contributed by atoms with van der Waals surface area (Å²) in [5.41, 5.74) is 2.30. The fraction of sp³-hybridized carbons (Fsp3) is 0.474. The highest BCUT2D eigenvalue weighted by molar-refractivity contribution is 5.60. The van der Waals surface area contributed by atoms with Crippen LogP contribution in [0.2, 0.25) is 0 Å². The highest BCUT2D eigenvalue weighted by Crippen LogP contribution is 2.24. The number of pyridine rings is 2. The number of hydrogen-bond acceptors (Lipinski definition) is 6. The fourth-order valence-electron chi connectivity index (χ4n) is 3.60. The van der Waals surface area contributed by atoms with E-state index in [0.717, 1.165) is 43.5 Å². The van der Waals surface area contributed by atoms with Crippen molar-refractivity contribution >= 4 is 23.0 Å². The van der Waals surface area contributed by atoms with Crippen LogP contribution in [0.4, 0.5) is 23.0 Å². The average Bonchev–Trinajstić information content (AvgIpc) is 3.16. The standard InChI is InChI=1S/C19H26N6/c1-2-4-15(3-1)23-16-7-8-21-19(13-16)24-18-6-5-17(14-22-18)25-11-9-20-10-12-25/h5-8,13-15,20H,1-4,9-12H2,(H2,21,22,23,24). The van der Waals surface area contributed by atoms with E-state index in [0.29, 0.717) is 6.04 Å². The molecule has 2 aromatic rings. The highest BCUT2D eigenvalue weighted by atomic mass is 15.2. The summed E-state index contributed by atoms with van der Waals surface area (Å²) < 4.78 is 0. The molecule has 2 fully saturated rings. The van der Waals surface area contributed by atoms with Crippen LogP contribution in [0.3, 0.4) is 0 Å². The van der Waals surface area contributed by atoms with Gasteiger partial charge >= 0.3 is 0 Å². The van der Waals surface area contributed by atoms with E-state index >= 15 is 0 Å². The van der Waals surface area contributed by atoms with Gasteiger partial charge in [0.1, 0.15) is 11.6 Å². The van der Waals surface area contributed by atoms with Gasteiger partial charge in [-0.25, -0.2) is 9.97 Å². The van der Waals surface area contributed by atoms with Crippen molar-refractivity contribution in [3.05, 3.63) is 36.7 Å². The Morgan fingerprint density at radius 3 is 2.60 bits per heavy atom. The van der Waals surface area contributed by atoms with Crippen molar-refractivity contribution < 1.29 is 0 Å². The first-order valence-electron chi connectivity index (χ1n) is 9.28. The molecular formula is C19H26N6. The monoisotopic (exact) mass is 338 g/mol. The summed E-state index contributed by atoms with van der Waals surface area (Å²) in [6.07, 6.45) is 8.97. The molecule has 0 bridgehead atoms. The molecule has 6 nitrogen and oxygen atoms in total. The predicted octanol–water partition coefficient (Wildman–Crippen LogP) is 2.98. The van der Waals surface area contributed by atoms with Crippen LogP contribution in [0, 0.1) is 0 Å². The Bertz CT molecular complexity index is 675. The van der Waals surface area contributed by atoms with Crippen molar-refractivity contribution in [2.45, 2.75) is 31.7 Å². The Balaban J connectivity index is 1.39. The SMILES string of the molecule is c1cc(NC2CCCC2)cc(Nc2ccc(N3CCNCC3)cn2)n1. The van der Waals surface area contributed by atoms with Crippen LogP contribution in [-0.4, -0.2) is 42.2 Å². The Morgan fingerprint density at radius 1 is 1.00 bits per heavy atom. The van der Waals surface area contributed by atoms with Gasteiger partial charge in [0, 0.05) is 50.2 Å². The molecule has 3 N–H and O–H groups in total. The first-order valence-corrected chi connectivity index (χ1v) is 9.28. The van der Waals surface area contributed by atoms with Gasteiger partial charge in [-0.1, -0.05) is 12.8 Å². The Labute approximate surface area is 149 Å². The molecule has 0 radical (unpaired) electrons. The second kappa shape index (κ2) is 7.70. The zero-order chi connectivity index (χ0) is 16.9. The van der Waals surface area contributed by atoms with Gasteiger partial charge in [0.2, 0.25) is 0 Å². The number of rotatable bonds is 5. The van der Waals surface area contributed by atoms with Gasteiger partial charge in [-0.15, -0.1) is 0 Å². The summed E-state index contributed by atoms with van der Waals surface area (Å²) in [6.45, 7) is 4.13. The molecule has 0 amide bonds. The van der Waals surface area contributed by atoms with Gasteiger partial charge in [0.25, 0.3) is 0 Å². The number of piperazine rings is 1. The van der Waals surface area contributed by atoms with Crippen molar-refractivity contribution in [1.29, 1.82) is 0 Å². The van der Waals surface area contributed by atoms with Crippen molar-refractivity contribution in [3.63, 3.8) is 0 Å². The van der Waals surface area contributed by atoms with E-state index in [1.165, 1.54) is 31.4 Å². The number of anilines is 4. The summed E-state index contributed by atoms with van der Waals surface area (Å²) >= 11 is 0. The van der Waals surface area contributed by atoms with Crippen LogP contribution in [-0.2, 0) is 0 Å². The molecule has 0 aromatic carbocycles. The summed E-state index contributed by atoms with van der Waals surface area (Å²) in [5, 5.41) is 10.3. The van der Waals surface area contributed by atoms with Crippen molar-refractivity contribution in [3.8, 4) is 0 Å². The molecule has 2 aromatic heterocycles. The zero-order valence-corrected chi connectivity index (χ0v) is 14.5. The summed E-state index contributed by atoms with van der Waals surface area (Å²) in [5.74, 6) is 1.65. The third-order valence-corrected chi connectivity index (χ3v) is 4.97. The van der Waals surface area contributed by atoms with Crippen LogP contribution >= 0.6 is 0 Å². The summed E-state index contributed by atoms with van der Waals surface area (Å²) in [6, 6.07) is 8.85. The zero-order valence-electron chi connectivity index (χ0n) is 14.5. The van der Waals surface area contributed by atoms with E-state index in [-0.39, 0.29) is 0 Å². The Morgan fingerprint density at radius 2 is 1.84 bits per heavy atom. The predicted molar refractivity (Wildman–Crippen MR) is 103 cm³/mol. The molecule has 0 spiro atoms. The molecule has 0 atom stereocenters. The minimum atomic E-state index is 0.603. The van der Waals surface area contributed by atoms with Gasteiger partial charge in [0.15, 0.2) is 0 Å². The van der Waals surface area contributed by atoms with Gasteiger partial charge in [-0.2, -0.15) is 0 Å². The molecule has 132 valence electrons. The van der Waals surface area contributed by atoms with Crippen LogP contribution in [0.5, 0.6) is 0 Å². The van der Waals surface area contributed by atoms with Crippen molar-refractivity contribution in [2.75, 3.05) is 41.7 Å². The second-order valence-corrected chi connectivity index (χ2v) is 6.82. The van der Waals surface area contributed by atoms with Gasteiger partial charge < -0.3 is 20.9 Å². The lowest BCUT2D eigenvalue weighted by Gasteiger charge is -2.29. The summed E-state index contributed by atoms with van der Waals surface area (Å²) in [4.78, 5) is 11.3. The van der Waals surface area contributed by atoms with Gasteiger partial charge in [-0.3, -0.25) is 0 Å². The third kappa shape index (κ3) is 4.20. The van der Waals surface area contributed by atoms with E-state index in [1.807, 2.05) is 24.5 Å². The van der Waals surface area contributed by atoms with Crippen LogP contribution in [0.1, 0.15) is 25.7 Å². The average molecular weight is 338 g/mol. The molecule has 1 saturated heterocycles. The minimum absolute atomic E-state index is 0.603. The van der Waals surface area contributed by atoms with E-state index < -0.39 is 0 Å². The van der Waals surface area contributed by atoms with Gasteiger partial charge in [-0.05, 0) is 31.0 Å². The number of aromatic nitrogens is 2. The maximum Gasteiger partial charge on any atom is 0.133 e. The second-order valence-electron chi connectivity index (χ2n) is 6.82. The molecular weight excluding hydrogens is 312 g/mol. The topological polar surface area (TPSA) is 65.1 Å². The molecule has 1 aliphatic carbocycles. The van der Waals surface area contributed by atoms with Gasteiger partial charge in [0.05, 0.1) is 11.9 Å².